The van der Waals surface area contributed by atoms with Crippen molar-refractivity contribution in [2.45, 2.75) is 25.2 Å². The first-order valence-corrected chi connectivity index (χ1v) is 4.38. The van der Waals surface area contributed by atoms with Crippen molar-refractivity contribution >= 4 is 0 Å². The largest absolute Gasteiger partial charge is 0.304 e. The van der Waals surface area contributed by atoms with Crippen LogP contribution in [-0.2, 0) is 10.3 Å². The van der Waals surface area contributed by atoms with E-state index in [2.05, 4.69) is 14.8 Å². The topological polar surface area (TPSA) is 61.0 Å². The number of hydrogen-bond donors (Lipinski definition) is 1. The molecule has 2 rings (SSSR count). The normalized spacial score (nSPS) is 18.6. The van der Waals surface area contributed by atoms with E-state index in [1.165, 1.54) is 0 Å². The zero-order valence-corrected chi connectivity index (χ0v) is 7.66. The average molecular weight is 179 g/mol. The third-order valence-corrected chi connectivity index (χ3v) is 2.54. The van der Waals surface area contributed by atoms with Crippen LogP contribution in [0.15, 0.2) is 12.4 Å². The second-order valence-corrected chi connectivity index (χ2v) is 3.63. The number of nitrogens with zero attached hydrogens (tertiary/aromatic N) is 2. The first kappa shape index (κ1) is 8.59. The molecule has 13 heavy (non-hydrogen) atoms. The molecule has 1 aromatic rings. The van der Waals surface area contributed by atoms with Crippen LogP contribution in [0.5, 0.6) is 0 Å². The molecule has 1 heterocycles. The minimum atomic E-state index is 0.0649. The number of nitrogens with two attached hydrogens (primary N) is 1. The zero-order valence-electron chi connectivity index (χ0n) is 7.66. The Labute approximate surface area is 77.1 Å². The molecular formula is C9H13N3O. The summed E-state index contributed by atoms with van der Waals surface area (Å²) < 4.78 is 0. The number of aromatic nitrogens is 2. The molecule has 1 aliphatic carbocycles. The number of rotatable bonds is 3. The Morgan fingerprint density at radius 3 is 2.69 bits per heavy atom. The third kappa shape index (κ3) is 1.55. The molecule has 1 aliphatic rings. The highest BCUT2D eigenvalue weighted by Gasteiger charge is 2.46. The monoisotopic (exact) mass is 179 g/mol. The van der Waals surface area contributed by atoms with E-state index in [1.807, 2.05) is 13.1 Å². The molecule has 0 saturated heterocycles. The lowest BCUT2D eigenvalue weighted by Gasteiger charge is -2.11. The van der Waals surface area contributed by atoms with Gasteiger partial charge in [0.2, 0.25) is 0 Å². The molecular weight excluding hydrogens is 166 g/mol. The molecule has 4 nitrogen and oxygen atoms in total. The summed E-state index contributed by atoms with van der Waals surface area (Å²) in [7, 11) is 0. The van der Waals surface area contributed by atoms with Gasteiger partial charge in [0, 0.05) is 17.8 Å². The highest BCUT2D eigenvalue weighted by Crippen LogP contribution is 2.46. The summed E-state index contributed by atoms with van der Waals surface area (Å²) in [5.74, 6) is 5.07. The smallest absolute Gasteiger partial charge is 0.0791 e. The summed E-state index contributed by atoms with van der Waals surface area (Å²) >= 11 is 0. The van der Waals surface area contributed by atoms with E-state index >= 15 is 0 Å². The van der Waals surface area contributed by atoms with Crippen LogP contribution in [-0.4, -0.2) is 16.6 Å². The predicted molar refractivity (Wildman–Crippen MR) is 47.8 cm³/mol. The Hall–Kier alpha value is -1.00. The van der Waals surface area contributed by atoms with E-state index in [9.17, 15) is 0 Å². The van der Waals surface area contributed by atoms with Gasteiger partial charge in [-0.1, -0.05) is 0 Å². The average Bonchev–Trinajstić information content (AvgIpc) is 2.87. The van der Waals surface area contributed by atoms with Crippen molar-refractivity contribution in [3.8, 4) is 0 Å². The lowest BCUT2D eigenvalue weighted by atomic mass is 10.1. The van der Waals surface area contributed by atoms with Gasteiger partial charge in [0.1, 0.15) is 0 Å². The van der Waals surface area contributed by atoms with E-state index in [-0.39, 0.29) is 5.41 Å². The van der Waals surface area contributed by atoms with Crippen molar-refractivity contribution in [3.05, 3.63) is 23.8 Å². The minimum Gasteiger partial charge on any atom is -0.304 e. The first-order chi connectivity index (χ1) is 6.27. The highest BCUT2D eigenvalue weighted by atomic mass is 16.6. The van der Waals surface area contributed by atoms with Crippen molar-refractivity contribution in [2.75, 3.05) is 6.61 Å². The Balaban J connectivity index is 2.20. The summed E-state index contributed by atoms with van der Waals surface area (Å²) in [6.07, 6.45) is 5.80. The fourth-order valence-corrected chi connectivity index (χ4v) is 1.45. The second kappa shape index (κ2) is 3.05. The second-order valence-electron chi connectivity index (χ2n) is 3.63. The van der Waals surface area contributed by atoms with Crippen molar-refractivity contribution in [1.82, 2.24) is 9.97 Å². The summed E-state index contributed by atoms with van der Waals surface area (Å²) in [6.45, 7) is 2.47. The third-order valence-electron chi connectivity index (χ3n) is 2.54. The first-order valence-electron chi connectivity index (χ1n) is 4.38. The van der Waals surface area contributed by atoms with Crippen molar-refractivity contribution in [2.24, 2.45) is 5.90 Å². The molecule has 70 valence electrons. The molecule has 1 aromatic heterocycles. The standard InChI is InChI=1S/C9H13N3O/c1-7-4-12-8(5-11-7)9(2-3-9)6-13-10/h4-5H,2-3,6,10H2,1H3. The fourth-order valence-electron chi connectivity index (χ4n) is 1.45. The molecule has 0 radical (unpaired) electrons. The summed E-state index contributed by atoms with van der Waals surface area (Å²) in [5.41, 5.74) is 2.01. The van der Waals surface area contributed by atoms with Gasteiger partial charge in [-0.2, -0.15) is 0 Å². The van der Waals surface area contributed by atoms with Gasteiger partial charge in [0.25, 0.3) is 0 Å². The highest BCUT2D eigenvalue weighted by molar-refractivity contribution is 5.22. The Morgan fingerprint density at radius 2 is 2.23 bits per heavy atom. The van der Waals surface area contributed by atoms with E-state index in [0.717, 1.165) is 24.2 Å². The van der Waals surface area contributed by atoms with Crippen molar-refractivity contribution < 1.29 is 4.84 Å². The maximum Gasteiger partial charge on any atom is 0.0791 e. The zero-order chi connectivity index (χ0) is 9.31. The Bertz CT molecular complexity index is 292. The van der Waals surface area contributed by atoms with E-state index in [1.54, 1.807) is 6.20 Å². The number of aryl methyl sites for hydroxylation is 1. The van der Waals surface area contributed by atoms with Gasteiger partial charge in [0.05, 0.1) is 18.0 Å². The molecule has 0 aliphatic heterocycles. The quantitative estimate of drug-likeness (QED) is 0.694. The summed E-state index contributed by atoms with van der Waals surface area (Å²) in [5, 5.41) is 0. The van der Waals surface area contributed by atoms with Gasteiger partial charge < -0.3 is 4.84 Å². The van der Waals surface area contributed by atoms with Crippen LogP contribution in [0.4, 0.5) is 0 Å². The lowest BCUT2D eigenvalue weighted by Crippen LogP contribution is -2.19. The molecule has 2 N–H and O–H groups in total. The SMILES string of the molecule is Cc1cnc(C2(CON)CC2)cn1. The fraction of sp³-hybridized carbons (Fsp3) is 0.556. The van der Waals surface area contributed by atoms with Crippen LogP contribution >= 0.6 is 0 Å². The van der Waals surface area contributed by atoms with E-state index < -0.39 is 0 Å². The van der Waals surface area contributed by atoms with Crippen molar-refractivity contribution in [1.29, 1.82) is 0 Å². The minimum absolute atomic E-state index is 0.0649. The maximum atomic E-state index is 5.07. The molecule has 0 spiro atoms. The molecule has 0 atom stereocenters. The van der Waals surface area contributed by atoms with Gasteiger partial charge in [-0.05, 0) is 19.8 Å². The van der Waals surface area contributed by atoms with Gasteiger partial charge in [-0.15, -0.1) is 0 Å². The van der Waals surface area contributed by atoms with Gasteiger partial charge in [0.15, 0.2) is 0 Å². The van der Waals surface area contributed by atoms with Crippen LogP contribution in [0.25, 0.3) is 0 Å². The van der Waals surface area contributed by atoms with Crippen LogP contribution in [0, 0.1) is 6.92 Å². The van der Waals surface area contributed by atoms with Crippen molar-refractivity contribution in [3.63, 3.8) is 0 Å². The predicted octanol–water partition coefficient (Wildman–Crippen LogP) is 0.707. The van der Waals surface area contributed by atoms with Crippen LogP contribution < -0.4 is 5.90 Å². The van der Waals surface area contributed by atoms with E-state index in [4.69, 9.17) is 5.90 Å². The Kier molecular flexibility index (Phi) is 2.01. The molecule has 1 saturated carbocycles. The Morgan fingerprint density at radius 1 is 1.46 bits per heavy atom. The van der Waals surface area contributed by atoms with Crippen LogP contribution in [0.2, 0.25) is 0 Å². The van der Waals surface area contributed by atoms with Gasteiger partial charge in [-0.3, -0.25) is 9.97 Å². The summed E-state index contributed by atoms with van der Waals surface area (Å²) in [4.78, 5) is 13.2. The van der Waals surface area contributed by atoms with E-state index in [0.29, 0.717) is 6.61 Å². The molecule has 4 heteroatoms. The van der Waals surface area contributed by atoms with Gasteiger partial charge >= 0.3 is 0 Å². The molecule has 0 unspecified atom stereocenters. The molecule has 1 fully saturated rings. The van der Waals surface area contributed by atoms with Crippen LogP contribution in [0.3, 0.4) is 0 Å². The lowest BCUT2D eigenvalue weighted by molar-refractivity contribution is 0.115. The molecule has 0 aromatic carbocycles. The molecule has 0 amide bonds. The summed E-state index contributed by atoms with van der Waals surface area (Å²) in [6, 6.07) is 0. The molecule has 0 bridgehead atoms. The van der Waals surface area contributed by atoms with Crippen LogP contribution in [0.1, 0.15) is 24.2 Å². The maximum absolute atomic E-state index is 5.07. The van der Waals surface area contributed by atoms with Gasteiger partial charge in [-0.25, -0.2) is 5.90 Å². The number of hydrogen-bond acceptors (Lipinski definition) is 4.